The maximum atomic E-state index is 4.48. The summed E-state index contributed by atoms with van der Waals surface area (Å²) in [4.78, 5) is 11.2. The summed E-state index contributed by atoms with van der Waals surface area (Å²) in [6.07, 6.45) is 6.60. The number of aryl methyl sites for hydroxylation is 1. The molecule has 0 aliphatic carbocycles. The molecule has 0 bridgehead atoms. The van der Waals surface area contributed by atoms with Crippen LogP contribution in [0.25, 0.3) is 0 Å². The molecule has 0 radical (unpaired) electrons. The minimum atomic E-state index is 0. The second-order valence-corrected chi connectivity index (χ2v) is 7.15. The zero-order chi connectivity index (χ0) is 18.2. The van der Waals surface area contributed by atoms with E-state index in [-0.39, 0.29) is 24.0 Å². The van der Waals surface area contributed by atoms with Crippen LogP contribution in [0.2, 0.25) is 0 Å². The van der Waals surface area contributed by atoms with Crippen molar-refractivity contribution in [1.29, 1.82) is 0 Å². The van der Waals surface area contributed by atoms with Gasteiger partial charge < -0.3 is 10.2 Å². The van der Waals surface area contributed by atoms with Gasteiger partial charge in [0.25, 0.3) is 0 Å². The van der Waals surface area contributed by atoms with E-state index in [4.69, 9.17) is 0 Å². The van der Waals surface area contributed by atoms with Crippen LogP contribution in [-0.4, -0.2) is 42.5 Å². The summed E-state index contributed by atoms with van der Waals surface area (Å²) in [6, 6.07) is 15.1. The van der Waals surface area contributed by atoms with Crippen molar-refractivity contribution >= 4 is 29.9 Å². The largest absolute Gasteiger partial charge is 0.356 e. The number of pyridine rings is 1. The Labute approximate surface area is 180 Å². The lowest BCUT2D eigenvalue weighted by Crippen LogP contribution is -2.46. The third kappa shape index (κ3) is 6.79. The zero-order valence-corrected chi connectivity index (χ0v) is 18.7. The highest BCUT2D eigenvalue weighted by Crippen LogP contribution is 2.21. The number of aliphatic imine (C=N–C) groups is 1. The number of guanidine groups is 1. The van der Waals surface area contributed by atoms with Crippen LogP contribution in [-0.2, 0) is 12.8 Å². The van der Waals surface area contributed by atoms with Gasteiger partial charge in [-0.15, -0.1) is 24.0 Å². The Bertz CT molecular complexity index is 692. The number of halogens is 1. The number of hydrogen-bond acceptors (Lipinski definition) is 2. The Kier molecular flexibility index (Phi) is 9.04. The third-order valence-corrected chi connectivity index (χ3v) is 5.16. The first kappa shape index (κ1) is 21.7. The van der Waals surface area contributed by atoms with Crippen LogP contribution in [0, 0.1) is 12.8 Å². The fraction of sp³-hybridized carbons (Fsp3) is 0.455. The molecule has 2 aromatic rings. The van der Waals surface area contributed by atoms with Crippen molar-refractivity contribution in [2.45, 2.75) is 32.6 Å². The minimum absolute atomic E-state index is 0. The van der Waals surface area contributed by atoms with Crippen LogP contribution in [0.5, 0.6) is 0 Å². The molecule has 1 fully saturated rings. The van der Waals surface area contributed by atoms with Crippen molar-refractivity contribution in [3.05, 3.63) is 65.5 Å². The molecule has 5 heteroatoms. The molecule has 0 spiro atoms. The monoisotopic (exact) mass is 478 g/mol. The minimum Gasteiger partial charge on any atom is -0.356 e. The highest BCUT2D eigenvalue weighted by atomic mass is 127. The number of aromatic nitrogens is 1. The van der Waals surface area contributed by atoms with Crippen LogP contribution >= 0.6 is 24.0 Å². The number of piperidine rings is 1. The quantitative estimate of drug-likeness (QED) is 0.400. The number of hydrogen-bond donors (Lipinski definition) is 1. The van der Waals surface area contributed by atoms with E-state index in [0.717, 1.165) is 43.6 Å². The van der Waals surface area contributed by atoms with Gasteiger partial charge in [-0.2, -0.15) is 0 Å². The van der Waals surface area contributed by atoms with Gasteiger partial charge in [-0.1, -0.05) is 36.4 Å². The summed E-state index contributed by atoms with van der Waals surface area (Å²) in [5, 5.41) is 3.51. The Morgan fingerprint density at radius 1 is 1.11 bits per heavy atom. The van der Waals surface area contributed by atoms with Gasteiger partial charge in [-0.05, 0) is 55.7 Å². The lowest BCUT2D eigenvalue weighted by Gasteiger charge is -2.34. The second kappa shape index (κ2) is 11.3. The third-order valence-electron chi connectivity index (χ3n) is 5.16. The number of nitrogens with one attached hydrogen (secondary N) is 1. The van der Waals surface area contributed by atoms with E-state index in [9.17, 15) is 0 Å². The SMILES string of the molecule is CN=C(NCCc1ccc(C)nc1)N1CCC(Cc2ccccc2)CC1.I. The molecule has 0 atom stereocenters. The summed E-state index contributed by atoms with van der Waals surface area (Å²) in [5.74, 6) is 1.81. The summed E-state index contributed by atoms with van der Waals surface area (Å²) in [5.41, 5.74) is 3.79. The Hall–Kier alpha value is -1.63. The molecule has 1 saturated heterocycles. The summed E-state index contributed by atoms with van der Waals surface area (Å²) >= 11 is 0. The van der Waals surface area contributed by atoms with Gasteiger partial charge in [0.15, 0.2) is 5.96 Å². The van der Waals surface area contributed by atoms with Crippen LogP contribution in [0.4, 0.5) is 0 Å². The average Bonchev–Trinajstić information content (AvgIpc) is 2.68. The molecule has 1 aliphatic heterocycles. The smallest absolute Gasteiger partial charge is 0.193 e. The first-order valence-corrected chi connectivity index (χ1v) is 9.65. The Morgan fingerprint density at radius 3 is 2.48 bits per heavy atom. The predicted octanol–water partition coefficient (Wildman–Crippen LogP) is 4.08. The maximum absolute atomic E-state index is 4.48. The molecule has 0 amide bonds. The van der Waals surface area contributed by atoms with Gasteiger partial charge >= 0.3 is 0 Å². The average molecular weight is 478 g/mol. The highest BCUT2D eigenvalue weighted by molar-refractivity contribution is 14.0. The molecule has 0 unspecified atom stereocenters. The van der Waals surface area contributed by atoms with E-state index >= 15 is 0 Å². The topological polar surface area (TPSA) is 40.5 Å². The van der Waals surface area contributed by atoms with Gasteiger partial charge in [0.05, 0.1) is 0 Å². The van der Waals surface area contributed by atoms with Crippen molar-refractivity contribution in [3.8, 4) is 0 Å². The van der Waals surface area contributed by atoms with Crippen LogP contribution in [0.15, 0.2) is 53.7 Å². The fourth-order valence-electron chi connectivity index (χ4n) is 3.59. The van der Waals surface area contributed by atoms with Gasteiger partial charge in [-0.3, -0.25) is 9.98 Å². The predicted molar refractivity (Wildman–Crippen MR) is 124 cm³/mol. The van der Waals surface area contributed by atoms with E-state index in [1.165, 1.54) is 30.4 Å². The highest BCUT2D eigenvalue weighted by Gasteiger charge is 2.21. The lowest BCUT2D eigenvalue weighted by atomic mass is 9.90. The normalized spacial score (nSPS) is 15.3. The molecule has 1 aromatic carbocycles. The molecule has 146 valence electrons. The van der Waals surface area contributed by atoms with Crippen LogP contribution in [0.3, 0.4) is 0 Å². The molecule has 1 aromatic heterocycles. The number of likely N-dealkylation sites (tertiary alicyclic amines) is 1. The van der Waals surface area contributed by atoms with Crippen LogP contribution < -0.4 is 5.32 Å². The van der Waals surface area contributed by atoms with Gasteiger partial charge in [-0.25, -0.2) is 0 Å². The molecular formula is C22H31IN4. The lowest BCUT2D eigenvalue weighted by molar-refractivity contribution is 0.259. The summed E-state index contributed by atoms with van der Waals surface area (Å²) in [7, 11) is 1.88. The van der Waals surface area contributed by atoms with Gasteiger partial charge in [0.2, 0.25) is 0 Å². The first-order chi connectivity index (χ1) is 12.7. The molecule has 3 rings (SSSR count). The standard InChI is InChI=1S/C22H30N4.HI/c1-18-8-9-21(17-25-18)10-13-24-22(23-2)26-14-11-20(12-15-26)16-19-6-4-3-5-7-19;/h3-9,17,20H,10-16H2,1-2H3,(H,23,24);1H. The van der Waals surface area contributed by atoms with Gasteiger partial charge in [0.1, 0.15) is 0 Å². The van der Waals surface area contributed by atoms with E-state index in [1.54, 1.807) is 0 Å². The molecule has 0 saturated carbocycles. The Morgan fingerprint density at radius 2 is 1.85 bits per heavy atom. The van der Waals surface area contributed by atoms with E-state index < -0.39 is 0 Å². The fourth-order valence-corrected chi connectivity index (χ4v) is 3.59. The summed E-state index contributed by atoms with van der Waals surface area (Å²) in [6.45, 7) is 5.08. The van der Waals surface area contributed by atoms with Gasteiger partial charge in [0, 0.05) is 38.6 Å². The zero-order valence-electron chi connectivity index (χ0n) is 16.4. The van der Waals surface area contributed by atoms with Crippen molar-refractivity contribution < 1.29 is 0 Å². The van der Waals surface area contributed by atoms with E-state index in [0.29, 0.717) is 0 Å². The maximum Gasteiger partial charge on any atom is 0.193 e. The molecular weight excluding hydrogens is 447 g/mol. The number of rotatable bonds is 5. The van der Waals surface area contributed by atoms with Crippen LogP contribution in [0.1, 0.15) is 29.7 Å². The van der Waals surface area contributed by atoms with Crippen molar-refractivity contribution in [1.82, 2.24) is 15.2 Å². The second-order valence-electron chi connectivity index (χ2n) is 7.15. The number of nitrogens with zero attached hydrogens (tertiary/aromatic N) is 3. The molecule has 27 heavy (non-hydrogen) atoms. The van der Waals surface area contributed by atoms with Crippen molar-refractivity contribution in [2.24, 2.45) is 10.9 Å². The molecule has 1 aliphatic rings. The Balaban J connectivity index is 0.00000261. The molecule has 2 heterocycles. The molecule has 1 N–H and O–H groups in total. The number of benzene rings is 1. The van der Waals surface area contributed by atoms with Crippen molar-refractivity contribution in [3.63, 3.8) is 0 Å². The summed E-state index contributed by atoms with van der Waals surface area (Å²) < 4.78 is 0. The first-order valence-electron chi connectivity index (χ1n) is 9.65. The van der Waals surface area contributed by atoms with Crippen molar-refractivity contribution in [2.75, 3.05) is 26.7 Å². The molecule has 4 nitrogen and oxygen atoms in total. The van der Waals surface area contributed by atoms with E-state index in [2.05, 4.69) is 62.7 Å². The van der Waals surface area contributed by atoms with E-state index in [1.807, 2.05) is 20.2 Å².